The van der Waals surface area contributed by atoms with Crippen LogP contribution in [0.25, 0.3) is 0 Å². The lowest BCUT2D eigenvalue weighted by atomic mass is 10.3. The Labute approximate surface area is 138 Å². The van der Waals surface area contributed by atoms with Crippen LogP contribution in [0.3, 0.4) is 0 Å². The highest BCUT2D eigenvalue weighted by Crippen LogP contribution is 2.35. The van der Waals surface area contributed by atoms with Crippen molar-refractivity contribution in [3.05, 3.63) is 49.8 Å². The van der Waals surface area contributed by atoms with Gasteiger partial charge in [-0.25, -0.2) is 0 Å². The molecule has 0 saturated heterocycles. The molecule has 1 aromatic carbocycles. The van der Waals surface area contributed by atoms with Crippen molar-refractivity contribution >= 4 is 37.5 Å². The maximum Gasteiger partial charge on any atom is 0.250 e. The van der Waals surface area contributed by atoms with Gasteiger partial charge in [0.15, 0.2) is 0 Å². The largest absolute Gasteiger partial charge is 0.496 e. The molecule has 0 atom stereocenters. The van der Waals surface area contributed by atoms with Crippen LogP contribution < -0.4 is 20.8 Å². The molecule has 0 aliphatic heterocycles. The topological polar surface area (TPSA) is 66.5 Å². The average Bonchev–Trinajstić information content (AvgIpc) is 2.45. The van der Waals surface area contributed by atoms with Crippen LogP contribution in [0.15, 0.2) is 44.2 Å². The number of anilines is 1. The molecular formula is C14H14Br2N2O3. The SMILES string of the molecule is COc1cc(Br)c(OCCn2cc(N)ccc2=O)cc1Br. The monoisotopic (exact) mass is 416 g/mol. The summed E-state index contributed by atoms with van der Waals surface area (Å²) in [5.74, 6) is 1.38. The fourth-order valence-corrected chi connectivity index (χ4v) is 2.68. The van der Waals surface area contributed by atoms with Crippen molar-refractivity contribution in [1.82, 2.24) is 4.57 Å². The van der Waals surface area contributed by atoms with Crippen LogP contribution in [0.4, 0.5) is 5.69 Å². The number of halogens is 2. The van der Waals surface area contributed by atoms with Gasteiger partial charge in [0.2, 0.25) is 0 Å². The highest BCUT2D eigenvalue weighted by Gasteiger charge is 2.08. The van der Waals surface area contributed by atoms with Crippen molar-refractivity contribution < 1.29 is 9.47 Å². The van der Waals surface area contributed by atoms with E-state index < -0.39 is 0 Å². The van der Waals surface area contributed by atoms with Gasteiger partial charge in [-0.15, -0.1) is 0 Å². The van der Waals surface area contributed by atoms with E-state index in [2.05, 4.69) is 31.9 Å². The molecule has 7 heteroatoms. The van der Waals surface area contributed by atoms with Crippen LogP contribution >= 0.6 is 31.9 Å². The second-order valence-corrected chi connectivity index (χ2v) is 5.97. The summed E-state index contributed by atoms with van der Waals surface area (Å²) in [5, 5.41) is 0. The van der Waals surface area contributed by atoms with Crippen LogP contribution in [0, 0.1) is 0 Å². The Kier molecular flexibility index (Phi) is 5.30. The third-order valence-corrected chi connectivity index (χ3v) is 4.04. The Hall–Kier alpha value is -1.47. The van der Waals surface area contributed by atoms with E-state index in [0.29, 0.717) is 30.3 Å². The lowest BCUT2D eigenvalue weighted by Gasteiger charge is -2.12. The quantitative estimate of drug-likeness (QED) is 0.811. The Morgan fingerprint density at radius 1 is 1.19 bits per heavy atom. The van der Waals surface area contributed by atoms with Gasteiger partial charge >= 0.3 is 0 Å². The van der Waals surface area contributed by atoms with E-state index in [4.69, 9.17) is 15.2 Å². The van der Waals surface area contributed by atoms with Gasteiger partial charge in [-0.05, 0) is 50.1 Å². The normalized spacial score (nSPS) is 10.4. The summed E-state index contributed by atoms with van der Waals surface area (Å²) in [4.78, 5) is 11.6. The molecule has 0 radical (unpaired) electrons. The van der Waals surface area contributed by atoms with Crippen molar-refractivity contribution in [2.24, 2.45) is 0 Å². The van der Waals surface area contributed by atoms with Crippen molar-refractivity contribution in [3.63, 3.8) is 0 Å². The van der Waals surface area contributed by atoms with Gasteiger partial charge < -0.3 is 19.8 Å². The molecule has 0 spiro atoms. The van der Waals surface area contributed by atoms with Crippen molar-refractivity contribution in [1.29, 1.82) is 0 Å². The van der Waals surface area contributed by atoms with Crippen molar-refractivity contribution in [3.8, 4) is 11.5 Å². The number of ether oxygens (including phenoxy) is 2. The number of methoxy groups -OCH3 is 1. The minimum Gasteiger partial charge on any atom is -0.496 e. The zero-order chi connectivity index (χ0) is 15.4. The van der Waals surface area contributed by atoms with Gasteiger partial charge in [0.25, 0.3) is 5.56 Å². The average molecular weight is 418 g/mol. The van der Waals surface area contributed by atoms with Gasteiger partial charge in [0, 0.05) is 18.0 Å². The zero-order valence-corrected chi connectivity index (χ0v) is 14.5. The van der Waals surface area contributed by atoms with E-state index in [0.717, 1.165) is 8.95 Å². The van der Waals surface area contributed by atoms with Gasteiger partial charge in [0.05, 0.1) is 22.6 Å². The van der Waals surface area contributed by atoms with E-state index in [-0.39, 0.29) is 5.56 Å². The van der Waals surface area contributed by atoms with Crippen LogP contribution in [-0.2, 0) is 6.54 Å². The van der Waals surface area contributed by atoms with Gasteiger partial charge in [-0.2, -0.15) is 0 Å². The number of aromatic nitrogens is 1. The lowest BCUT2D eigenvalue weighted by molar-refractivity contribution is 0.294. The number of nitrogens with zero attached hydrogens (tertiary/aromatic N) is 1. The summed E-state index contributed by atoms with van der Waals surface area (Å²) in [6.45, 7) is 0.765. The minimum atomic E-state index is -0.109. The molecule has 2 aromatic rings. The molecule has 0 amide bonds. The smallest absolute Gasteiger partial charge is 0.250 e. The standard InChI is InChI=1S/C14H14Br2N2O3/c1-20-12-6-11(16)13(7-10(12)15)21-5-4-18-8-9(17)2-3-14(18)19/h2-3,6-8H,4-5,17H2,1H3. The Bertz CT molecular complexity index is 701. The number of nitrogens with two attached hydrogens (primary N) is 1. The minimum absolute atomic E-state index is 0.109. The number of pyridine rings is 1. The fraction of sp³-hybridized carbons (Fsp3) is 0.214. The molecule has 0 fully saturated rings. The van der Waals surface area contributed by atoms with E-state index in [1.807, 2.05) is 12.1 Å². The number of hydrogen-bond donors (Lipinski definition) is 1. The third kappa shape index (κ3) is 4.01. The third-order valence-electron chi connectivity index (χ3n) is 2.80. The van der Waals surface area contributed by atoms with Crippen molar-refractivity contribution in [2.75, 3.05) is 19.5 Å². The molecule has 21 heavy (non-hydrogen) atoms. The summed E-state index contributed by atoms with van der Waals surface area (Å²) in [5.41, 5.74) is 6.09. The van der Waals surface area contributed by atoms with Crippen molar-refractivity contribution in [2.45, 2.75) is 6.54 Å². The predicted octanol–water partition coefficient (Wildman–Crippen LogP) is 3.04. The van der Waals surface area contributed by atoms with Crippen LogP contribution in [-0.4, -0.2) is 18.3 Å². The van der Waals surface area contributed by atoms with Crippen LogP contribution in [0.5, 0.6) is 11.5 Å². The number of rotatable bonds is 5. The summed E-state index contributed by atoms with van der Waals surface area (Å²) in [7, 11) is 1.60. The summed E-state index contributed by atoms with van der Waals surface area (Å²) < 4.78 is 14.0. The van der Waals surface area contributed by atoms with E-state index in [9.17, 15) is 4.79 Å². The molecule has 0 saturated carbocycles. The maximum atomic E-state index is 11.6. The first-order chi connectivity index (χ1) is 10.0. The zero-order valence-electron chi connectivity index (χ0n) is 11.3. The summed E-state index contributed by atoms with van der Waals surface area (Å²) >= 11 is 6.82. The highest BCUT2D eigenvalue weighted by molar-refractivity contribution is 9.11. The van der Waals surface area contributed by atoms with E-state index in [1.54, 1.807) is 19.4 Å². The molecule has 2 N–H and O–H groups in total. The number of benzene rings is 1. The Morgan fingerprint density at radius 3 is 2.57 bits per heavy atom. The second-order valence-electron chi connectivity index (χ2n) is 4.26. The summed E-state index contributed by atoms with van der Waals surface area (Å²) in [6, 6.07) is 6.64. The predicted molar refractivity (Wildman–Crippen MR) is 89.0 cm³/mol. The number of nitrogen functional groups attached to an aromatic ring is 1. The summed E-state index contributed by atoms with van der Waals surface area (Å²) in [6.07, 6.45) is 1.60. The molecule has 0 aliphatic carbocycles. The van der Waals surface area contributed by atoms with Gasteiger partial charge in [-0.1, -0.05) is 0 Å². The fourth-order valence-electron chi connectivity index (χ4n) is 1.76. The van der Waals surface area contributed by atoms with E-state index >= 15 is 0 Å². The first-order valence-corrected chi connectivity index (χ1v) is 7.71. The number of hydrogen-bond acceptors (Lipinski definition) is 4. The Balaban J connectivity index is 2.05. The first kappa shape index (κ1) is 15.9. The molecule has 0 bridgehead atoms. The first-order valence-electron chi connectivity index (χ1n) is 6.13. The van der Waals surface area contributed by atoms with E-state index in [1.165, 1.54) is 10.6 Å². The molecule has 2 rings (SSSR count). The molecule has 5 nitrogen and oxygen atoms in total. The Morgan fingerprint density at radius 2 is 1.86 bits per heavy atom. The molecule has 1 heterocycles. The van der Waals surface area contributed by atoms with Gasteiger partial charge in [0.1, 0.15) is 18.1 Å². The molecular weight excluding hydrogens is 404 g/mol. The maximum absolute atomic E-state index is 11.6. The molecule has 1 aromatic heterocycles. The molecule has 0 aliphatic rings. The highest BCUT2D eigenvalue weighted by atomic mass is 79.9. The van der Waals surface area contributed by atoms with Crippen LogP contribution in [0.1, 0.15) is 0 Å². The van der Waals surface area contributed by atoms with Gasteiger partial charge in [-0.3, -0.25) is 4.79 Å². The second kappa shape index (κ2) is 7.00. The molecule has 0 unspecified atom stereocenters. The molecule has 112 valence electrons. The lowest BCUT2D eigenvalue weighted by Crippen LogP contribution is -2.22. The van der Waals surface area contributed by atoms with Crippen LogP contribution in [0.2, 0.25) is 0 Å².